The highest BCUT2D eigenvalue weighted by molar-refractivity contribution is 6.04. The van der Waals surface area contributed by atoms with Gasteiger partial charge in [0.1, 0.15) is 17.1 Å². The summed E-state index contributed by atoms with van der Waals surface area (Å²) in [5.41, 5.74) is 1.87. The molecule has 0 saturated heterocycles. The van der Waals surface area contributed by atoms with E-state index in [1.807, 2.05) is 19.1 Å². The molecule has 2 N–H and O–H groups in total. The maximum Gasteiger partial charge on any atom is 0.274 e. The number of carbonyl (C=O) groups excluding carboxylic acids is 2. The van der Waals surface area contributed by atoms with Crippen molar-refractivity contribution in [2.75, 3.05) is 32.7 Å². The molecule has 2 rings (SSSR count). The minimum absolute atomic E-state index is 0.151. The average Bonchev–Trinajstić information content (AvgIpc) is 2.65. The predicted molar refractivity (Wildman–Crippen MR) is 98.7 cm³/mol. The van der Waals surface area contributed by atoms with Gasteiger partial charge in [-0.3, -0.25) is 9.59 Å². The van der Waals surface area contributed by atoms with Gasteiger partial charge in [-0.25, -0.2) is 4.98 Å². The smallest absolute Gasteiger partial charge is 0.274 e. The largest absolute Gasteiger partial charge is 0.495 e. The van der Waals surface area contributed by atoms with Gasteiger partial charge in [0.15, 0.2) is 0 Å². The van der Waals surface area contributed by atoms with Gasteiger partial charge in [-0.05, 0) is 43.2 Å². The number of aromatic nitrogens is 1. The second kappa shape index (κ2) is 9.53. The van der Waals surface area contributed by atoms with Crippen LogP contribution in [0.3, 0.4) is 0 Å². The van der Waals surface area contributed by atoms with Crippen molar-refractivity contribution < 1.29 is 19.1 Å². The van der Waals surface area contributed by atoms with E-state index in [9.17, 15) is 9.59 Å². The Labute approximate surface area is 152 Å². The van der Waals surface area contributed by atoms with Crippen LogP contribution in [0, 0.1) is 6.92 Å². The maximum absolute atomic E-state index is 12.5. The Morgan fingerprint density at radius 3 is 2.50 bits per heavy atom. The van der Waals surface area contributed by atoms with Crippen LogP contribution in [-0.4, -0.2) is 44.2 Å². The van der Waals surface area contributed by atoms with Crippen molar-refractivity contribution >= 4 is 17.5 Å². The van der Waals surface area contributed by atoms with Gasteiger partial charge in [0.05, 0.1) is 12.8 Å². The number of aryl methyl sites for hydroxylation is 1. The molecule has 0 unspecified atom stereocenters. The number of rotatable bonds is 8. The van der Waals surface area contributed by atoms with Gasteiger partial charge in [-0.2, -0.15) is 0 Å². The predicted octanol–water partition coefficient (Wildman–Crippen LogP) is 2.42. The van der Waals surface area contributed by atoms with E-state index in [0.717, 1.165) is 5.56 Å². The van der Waals surface area contributed by atoms with Crippen LogP contribution in [0.25, 0.3) is 0 Å². The van der Waals surface area contributed by atoms with E-state index >= 15 is 0 Å². The molecule has 0 aliphatic rings. The Bertz CT molecular complexity index is 777. The number of pyridine rings is 1. The van der Waals surface area contributed by atoms with Gasteiger partial charge in [-0.15, -0.1) is 0 Å². The van der Waals surface area contributed by atoms with Crippen molar-refractivity contribution in [1.29, 1.82) is 0 Å². The number of ether oxygens (including phenoxy) is 2. The molecule has 7 heteroatoms. The Morgan fingerprint density at radius 1 is 1.08 bits per heavy atom. The molecule has 0 spiro atoms. The molecule has 0 atom stereocenters. The Kier molecular flexibility index (Phi) is 7.11. The van der Waals surface area contributed by atoms with Crippen molar-refractivity contribution in [1.82, 2.24) is 10.3 Å². The molecule has 0 saturated carbocycles. The van der Waals surface area contributed by atoms with E-state index in [1.54, 1.807) is 31.4 Å². The molecule has 2 amide bonds. The summed E-state index contributed by atoms with van der Waals surface area (Å²) in [7, 11) is 3.14. The summed E-state index contributed by atoms with van der Waals surface area (Å²) in [5, 5.41) is 5.51. The number of methoxy groups -OCH3 is 2. The second-order valence-corrected chi connectivity index (χ2v) is 5.67. The summed E-state index contributed by atoms with van der Waals surface area (Å²) in [5.74, 6) is -0.192. The number of benzene rings is 1. The summed E-state index contributed by atoms with van der Waals surface area (Å²) >= 11 is 0. The third-order valence-corrected chi connectivity index (χ3v) is 3.63. The number of nitrogens with zero attached hydrogens (tertiary/aromatic N) is 1. The highest BCUT2D eigenvalue weighted by Gasteiger charge is 2.14. The van der Waals surface area contributed by atoms with Crippen molar-refractivity contribution in [2.45, 2.75) is 13.3 Å². The van der Waals surface area contributed by atoms with E-state index in [1.165, 1.54) is 7.11 Å². The first-order valence-electron chi connectivity index (χ1n) is 8.25. The molecule has 26 heavy (non-hydrogen) atoms. The van der Waals surface area contributed by atoms with Crippen LogP contribution >= 0.6 is 0 Å². The quantitative estimate of drug-likeness (QED) is 0.708. The molecular formula is C19H23N3O4. The van der Waals surface area contributed by atoms with Gasteiger partial charge in [-0.1, -0.05) is 12.1 Å². The molecule has 0 aliphatic carbocycles. The standard InChI is InChI=1S/C19H23N3O4/c1-13-8-9-17(26-3)16(12-13)22-19(24)15-7-4-6-14(21-15)18(23)20-10-5-11-25-2/h4,6-9,12H,5,10-11H2,1-3H3,(H,20,23)(H,22,24). The fraction of sp³-hybridized carbons (Fsp3) is 0.316. The molecule has 0 fully saturated rings. The van der Waals surface area contributed by atoms with Crippen molar-refractivity contribution in [3.63, 3.8) is 0 Å². The van der Waals surface area contributed by atoms with Gasteiger partial charge >= 0.3 is 0 Å². The van der Waals surface area contributed by atoms with E-state index in [4.69, 9.17) is 9.47 Å². The van der Waals surface area contributed by atoms with E-state index < -0.39 is 5.91 Å². The Hall–Kier alpha value is -2.93. The third kappa shape index (κ3) is 5.29. The molecule has 0 aliphatic heterocycles. The van der Waals surface area contributed by atoms with Crippen LogP contribution in [0.15, 0.2) is 36.4 Å². The lowest BCUT2D eigenvalue weighted by molar-refractivity contribution is 0.0943. The van der Waals surface area contributed by atoms with Crippen LogP contribution < -0.4 is 15.4 Å². The highest BCUT2D eigenvalue weighted by Crippen LogP contribution is 2.25. The summed E-state index contributed by atoms with van der Waals surface area (Å²) in [4.78, 5) is 28.8. The normalized spacial score (nSPS) is 10.3. The number of anilines is 1. The summed E-state index contributed by atoms with van der Waals surface area (Å²) in [6, 6.07) is 10.2. The zero-order valence-electron chi connectivity index (χ0n) is 15.2. The van der Waals surface area contributed by atoms with Crippen LogP contribution in [0.1, 0.15) is 33.0 Å². The summed E-state index contributed by atoms with van der Waals surface area (Å²) in [6.07, 6.45) is 0.704. The van der Waals surface area contributed by atoms with Crippen molar-refractivity contribution in [3.8, 4) is 5.75 Å². The van der Waals surface area contributed by atoms with Gasteiger partial charge < -0.3 is 20.1 Å². The van der Waals surface area contributed by atoms with Crippen LogP contribution in [-0.2, 0) is 4.74 Å². The first-order chi connectivity index (χ1) is 12.5. The molecule has 1 aromatic carbocycles. The SMILES string of the molecule is COCCCNC(=O)c1cccc(C(=O)Nc2cc(C)ccc2OC)n1. The van der Waals surface area contributed by atoms with E-state index in [0.29, 0.717) is 31.0 Å². The summed E-state index contributed by atoms with van der Waals surface area (Å²) < 4.78 is 10.2. The highest BCUT2D eigenvalue weighted by atomic mass is 16.5. The molecule has 1 heterocycles. The molecule has 1 aromatic heterocycles. The fourth-order valence-electron chi connectivity index (χ4n) is 2.30. The number of amides is 2. The number of hydrogen-bond acceptors (Lipinski definition) is 5. The van der Waals surface area contributed by atoms with Crippen molar-refractivity contribution in [2.24, 2.45) is 0 Å². The fourth-order valence-corrected chi connectivity index (χ4v) is 2.30. The number of hydrogen-bond donors (Lipinski definition) is 2. The minimum Gasteiger partial charge on any atom is -0.495 e. The van der Waals surface area contributed by atoms with Gasteiger partial charge in [0.25, 0.3) is 11.8 Å². The second-order valence-electron chi connectivity index (χ2n) is 5.67. The third-order valence-electron chi connectivity index (χ3n) is 3.63. The first kappa shape index (κ1) is 19.4. The minimum atomic E-state index is -0.414. The van der Waals surface area contributed by atoms with Crippen molar-refractivity contribution in [3.05, 3.63) is 53.3 Å². The molecule has 2 aromatic rings. The first-order valence-corrected chi connectivity index (χ1v) is 8.25. The molecular weight excluding hydrogens is 334 g/mol. The average molecular weight is 357 g/mol. The zero-order chi connectivity index (χ0) is 18.9. The van der Waals surface area contributed by atoms with E-state index in [-0.39, 0.29) is 17.3 Å². The Morgan fingerprint density at radius 2 is 1.81 bits per heavy atom. The van der Waals surface area contributed by atoms with Crippen LogP contribution in [0.5, 0.6) is 5.75 Å². The number of nitrogens with one attached hydrogen (secondary N) is 2. The maximum atomic E-state index is 12.5. The van der Waals surface area contributed by atoms with E-state index in [2.05, 4.69) is 15.6 Å². The lowest BCUT2D eigenvalue weighted by atomic mass is 10.2. The van der Waals surface area contributed by atoms with Crippen LogP contribution in [0.2, 0.25) is 0 Å². The topological polar surface area (TPSA) is 89.5 Å². The molecule has 7 nitrogen and oxygen atoms in total. The Balaban J connectivity index is 2.08. The monoisotopic (exact) mass is 357 g/mol. The molecule has 0 bridgehead atoms. The molecule has 138 valence electrons. The lowest BCUT2D eigenvalue weighted by Crippen LogP contribution is -2.27. The van der Waals surface area contributed by atoms with Crippen LogP contribution in [0.4, 0.5) is 5.69 Å². The molecule has 0 radical (unpaired) electrons. The zero-order valence-corrected chi connectivity index (χ0v) is 15.2. The lowest BCUT2D eigenvalue weighted by Gasteiger charge is -2.11. The van der Waals surface area contributed by atoms with Gasteiger partial charge in [0, 0.05) is 20.3 Å². The van der Waals surface area contributed by atoms with Gasteiger partial charge in [0.2, 0.25) is 0 Å². The summed E-state index contributed by atoms with van der Waals surface area (Å²) in [6.45, 7) is 2.96. The number of carbonyl (C=O) groups is 2.